The summed E-state index contributed by atoms with van der Waals surface area (Å²) in [5.41, 5.74) is 6.50. The fourth-order valence-electron chi connectivity index (χ4n) is 2.07. The lowest BCUT2D eigenvalue weighted by Gasteiger charge is -2.26. The van der Waals surface area contributed by atoms with E-state index in [1.54, 1.807) is 0 Å². The van der Waals surface area contributed by atoms with Gasteiger partial charge in [-0.3, -0.25) is 4.79 Å². The molecule has 0 aliphatic carbocycles. The maximum atomic E-state index is 12.2. The smallest absolute Gasteiger partial charge is 0.224 e. The van der Waals surface area contributed by atoms with Crippen molar-refractivity contribution in [1.29, 1.82) is 0 Å². The molecular formula is C16H26N2O2. The van der Waals surface area contributed by atoms with E-state index in [2.05, 4.69) is 5.32 Å². The summed E-state index contributed by atoms with van der Waals surface area (Å²) >= 11 is 0. The summed E-state index contributed by atoms with van der Waals surface area (Å²) in [7, 11) is 0. The van der Waals surface area contributed by atoms with E-state index in [-0.39, 0.29) is 17.4 Å². The number of hydrogen-bond acceptors (Lipinski definition) is 3. The predicted octanol–water partition coefficient (Wildman–Crippen LogP) is 1.74. The van der Waals surface area contributed by atoms with E-state index in [4.69, 9.17) is 10.5 Å². The van der Waals surface area contributed by atoms with E-state index in [1.807, 2.05) is 51.1 Å². The van der Waals surface area contributed by atoms with Gasteiger partial charge in [0.1, 0.15) is 0 Å². The predicted molar refractivity (Wildman–Crippen MR) is 81.4 cm³/mol. The van der Waals surface area contributed by atoms with Crippen LogP contribution in [-0.4, -0.2) is 31.2 Å². The van der Waals surface area contributed by atoms with Crippen LogP contribution in [-0.2, 0) is 16.0 Å². The minimum absolute atomic E-state index is 0.0101. The molecule has 112 valence electrons. The van der Waals surface area contributed by atoms with Crippen LogP contribution in [0.25, 0.3) is 0 Å². The van der Waals surface area contributed by atoms with Gasteiger partial charge < -0.3 is 15.8 Å². The Kier molecular flexibility index (Phi) is 6.68. The van der Waals surface area contributed by atoms with Gasteiger partial charge >= 0.3 is 0 Å². The van der Waals surface area contributed by atoms with Gasteiger partial charge in [-0.1, -0.05) is 30.3 Å². The lowest BCUT2D eigenvalue weighted by molar-refractivity contribution is -0.126. The molecule has 4 nitrogen and oxygen atoms in total. The summed E-state index contributed by atoms with van der Waals surface area (Å²) in [6.07, 6.45) is 0.665. The van der Waals surface area contributed by atoms with Crippen molar-refractivity contribution in [2.75, 3.05) is 19.7 Å². The molecule has 0 spiro atoms. The molecule has 0 aliphatic rings. The molecule has 0 aromatic heterocycles. The van der Waals surface area contributed by atoms with Gasteiger partial charge in [0.25, 0.3) is 0 Å². The van der Waals surface area contributed by atoms with Crippen LogP contribution < -0.4 is 11.1 Å². The van der Waals surface area contributed by atoms with Crippen LogP contribution in [0.4, 0.5) is 0 Å². The number of nitrogens with one attached hydrogen (secondary N) is 1. The second-order valence-electron chi connectivity index (χ2n) is 5.53. The van der Waals surface area contributed by atoms with Crippen LogP contribution in [0.1, 0.15) is 26.3 Å². The van der Waals surface area contributed by atoms with Crippen molar-refractivity contribution in [3.05, 3.63) is 35.9 Å². The standard InChI is InChI=1S/C16H26N2O2/c1-4-20-16(2,3)12-18-15(19)14(11-17)10-13-8-6-5-7-9-13/h5-9,14H,4,10-12,17H2,1-3H3,(H,18,19). The highest BCUT2D eigenvalue weighted by atomic mass is 16.5. The van der Waals surface area contributed by atoms with Gasteiger partial charge in [0.15, 0.2) is 0 Å². The molecule has 0 radical (unpaired) electrons. The van der Waals surface area contributed by atoms with E-state index >= 15 is 0 Å². The number of benzene rings is 1. The van der Waals surface area contributed by atoms with Gasteiger partial charge in [-0.2, -0.15) is 0 Å². The molecular weight excluding hydrogens is 252 g/mol. The maximum absolute atomic E-state index is 12.2. The minimum Gasteiger partial charge on any atom is -0.374 e. The third kappa shape index (κ3) is 5.72. The largest absolute Gasteiger partial charge is 0.374 e. The van der Waals surface area contributed by atoms with Crippen molar-refractivity contribution in [2.24, 2.45) is 11.7 Å². The molecule has 0 fully saturated rings. The fourth-order valence-corrected chi connectivity index (χ4v) is 2.07. The van der Waals surface area contributed by atoms with E-state index in [0.717, 1.165) is 5.56 Å². The fraction of sp³-hybridized carbons (Fsp3) is 0.562. The number of rotatable bonds is 8. The Hall–Kier alpha value is -1.39. The topological polar surface area (TPSA) is 64.3 Å². The molecule has 4 heteroatoms. The highest BCUT2D eigenvalue weighted by Gasteiger charge is 2.22. The van der Waals surface area contributed by atoms with E-state index in [1.165, 1.54) is 0 Å². The number of carbonyl (C=O) groups is 1. The molecule has 1 aromatic carbocycles. The summed E-state index contributed by atoms with van der Waals surface area (Å²) in [6.45, 7) is 7.34. The van der Waals surface area contributed by atoms with Crippen molar-refractivity contribution < 1.29 is 9.53 Å². The first kappa shape index (κ1) is 16.7. The van der Waals surface area contributed by atoms with Crippen molar-refractivity contribution >= 4 is 5.91 Å². The lowest BCUT2D eigenvalue weighted by atomic mass is 9.98. The molecule has 0 saturated heterocycles. The normalized spacial score (nSPS) is 13.0. The summed E-state index contributed by atoms with van der Waals surface area (Å²) < 4.78 is 5.57. The van der Waals surface area contributed by atoms with Crippen LogP contribution in [0.3, 0.4) is 0 Å². The molecule has 0 heterocycles. The average Bonchev–Trinajstić information content (AvgIpc) is 2.43. The van der Waals surface area contributed by atoms with E-state index in [9.17, 15) is 4.79 Å². The van der Waals surface area contributed by atoms with Crippen LogP contribution in [0, 0.1) is 5.92 Å². The zero-order valence-corrected chi connectivity index (χ0v) is 12.7. The zero-order valence-electron chi connectivity index (χ0n) is 12.7. The zero-order chi connectivity index (χ0) is 15.0. The van der Waals surface area contributed by atoms with Crippen LogP contribution >= 0.6 is 0 Å². The Bertz CT molecular complexity index is 404. The number of amides is 1. The second-order valence-corrected chi connectivity index (χ2v) is 5.53. The Morgan fingerprint density at radius 3 is 2.55 bits per heavy atom. The Balaban J connectivity index is 2.51. The first-order valence-electron chi connectivity index (χ1n) is 7.14. The molecule has 20 heavy (non-hydrogen) atoms. The maximum Gasteiger partial charge on any atom is 0.224 e. The Morgan fingerprint density at radius 2 is 2.00 bits per heavy atom. The molecule has 0 aliphatic heterocycles. The van der Waals surface area contributed by atoms with Gasteiger partial charge in [0.05, 0.1) is 11.5 Å². The van der Waals surface area contributed by atoms with Crippen molar-refractivity contribution in [2.45, 2.75) is 32.8 Å². The summed E-state index contributed by atoms with van der Waals surface area (Å²) in [5.74, 6) is -0.209. The highest BCUT2D eigenvalue weighted by Crippen LogP contribution is 2.10. The molecule has 1 aromatic rings. The van der Waals surface area contributed by atoms with Crippen LogP contribution in [0.15, 0.2) is 30.3 Å². The molecule has 3 N–H and O–H groups in total. The number of hydrogen-bond donors (Lipinski definition) is 2. The van der Waals surface area contributed by atoms with Crippen molar-refractivity contribution in [3.63, 3.8) is 0 Å². The van der Waals surface area contributed by atoms with Gasteiger partial charge in [-0.05, 0) is 32.8 Å². The van der Waals surface area contributed by atoms with Gasteiger partial charge in [0.2, 0.25) is 5.91 Å². The first-order chi connectivity index (χ1) is 9.48. The summed E-state index contributed by atoms with van der Waals surface area (Å²) in [4.78, 5) is 12.2. The highest BCUT2D eigenvalue weighted by molar-refractivity contribution is 5.79. The molecule has 1 rings (SSSR count). The third-order valence-corrected chi connectivity index (χ3v) is 3.20. The van der Waals surface area contributed by atoms with Crippen LogP contribution in [0.5, 0.6) is 0 Å². The van der Waals surface area contributed by atoms with Gasteiger partial charge in [-0.15, -0.1) is 0 Å². The molecule has 0 bridgehead atoms. The van der Waals surface area contributed by atoms with Crippen LogP contribution in [0.2, 0.25) is 0 Å². The number of ether oxygens (including phenoxy) is 1. The molecule has 0 saturated carbocycles. The molecule has 1 unspecified atom stereocenters. The van der Waals surface area contributed by atoms with Gasteiger partial charge in [0, 0.05) is 19.7 Å². The molecule has 1 amide bonds. The lowest BCUT2D eigenvalue weighted by Crippen LogP contribution is -2.44. The van der Waals surface area contributed by atoms with E-state index in [0.29, 0.717) is 26.1 Å². The minimum atomic E-state index is -0.351. The van der Waals surface area contributed by atoms with E-state index < -0.39 is 0 Å². The first-order valence-corrected chi connectivity index (χ1v) is 7.14. The Labute approximate surface area is 121 Å². The average molecular weight is 278 g/mol. The Morgan fingerprint density at radius 1 is 1.35 bits per heavy atom. The summed E-state index contributed by atoms with van der Waals surface area (Å²) in [5, 5.41) is 2.94. The number of carbonyl (C=O) groups excluding carboxylic acids is 1. The molecule has 1 atom stereocenters. The van der Waals surface area contributed by atoms with Crippen molar-refractivity contribution in [1.82, 2.24) is 5.32 Å². The van der Waals surface area contributed by atoms with Crippen molar-refractivity contribution in [3.8, 4) is 0 Å². The second kappa shape index (κ2) is 8.02. The third-order valence-electron chi connectivity index (χ3n) is 3.20. The SMILES string of the molecule is CCOC(C)(C)CNC(=O)C(CN)Cc1ccccc1. The number of nitrogens with two attached hydrogens (primary N) is 1. The monoisotopic (exact) mass is 278 g/mol. The quantitative estimate of drug-likeness (QED) is 0.761. The summed E-state index contributed by atoms with van der Waals surface area (Å²) in [6, 6.07) is 9.93. The van der Waals surface area contributed by atoms with Gasteiger partial charge in [-0.25, -0.2) is 0 Å².